The second-order valence-corrected chi connectivity index (χ2v) is 5.82. The van der Waals surface area contributed by atoms with E-state index >= 15 is 0 Å². The van der Waals surface area contributed by atoms with Crippen LogP contribution in [0.2, 0.25) is 0 Å². The van der Waals surface area contributed by atoms with Crippen LogP contribution in [-0.4, -0.2) is 33.3 Å². The van der Waals surface area contributed by atoms with Crippen LogP contribution in [0.3, 0.4) is 0 Å². The summed E-state index contributed by atoms with van der Waals surface area (Å²) in [6.07, 6.45) is 0. The summed E-state index contributed by atoms with van der Waals surface area (Å²) in [7, 11) is -3.39. The largest absolute Gasteiger partial charge is 0.465 e. The van der Waals surface area contributed by atoms with Gasteiger partial charge in [0.2, 0.25) is 0 Å². The Morgan fingerprint density at radius 1 is 1.28 bits per heavy atom. The van der Waals surface area contributed by atoms with Crippen molar-refractivity contribution in [2.75, 3.05) is 24.2 Å². The molecule has 0 radical (unpaired) electrons. The first-order chi connectivity index (χ1) is 8.45. The van der Waals surface area contributed by atoms with Crippen LogP contribution < -0.4 is 5.32 Å². The molecule has 0 aliphatic rings. The number of hydrogen-bond donors (Lipinski definition) is 1. The molecule has 0 aliphatic heterocycles. The molecule has 0 heterocycles. The van der Waals surface area contributed by atoms with Gasteiger partial charge in [0, 0.05) is 19.2 Å². The van der Waals surface area contributed by atoms with E-state index in [0.717, 1.165) is 12.2 Å². The fraction of sp³-hybridized carbons (Fsp3) is 0.417. The Hall–Kier alpha value is -1.56. The van der Waals surface area contributed by atoms with Gasteiger partial charge in [-0.3, -0.25) is 4.79 Å². The molecule has 100 valence electrons. The van der Waals surface area contributed by atoms with E-state index in [2.05, 4.69) is 10.1 Å². The van der Waals surface area contributed by atoms with Gasteiger partial charge in [-0.05, 0) is 31.2 Å². The Bertz CT molecular complexity index is 493. The van der Waals surface area contributed by atoms with Crippen LogP contribution in [0.1, 0.15) is 13.8 Å². The Morgan fingerprint density at radius 3 is 2.39 bits per heavy atom. The van der Waals surface area contributed by atoms with Gasteiger partial charge in [0.1, 0.15) is 6.61 Å². The quantitative estimate of drug-likeness (QED) is 0.793. The number of hydrogen-bond acceptors (Lipinski definition) is 5. The second-order valence-electron chi connectivity index (χ2n) is 3.71. The SMILES string of the molecule is CCNc1ccc(S(=O)(=O)CCOC(C)=O)cc1. The standard InChI is InChI=1S/C12H17NO4S/c1-3-13-11-4-6-12(7-5-11)18(15,16)9-8-17-10(2)14/h4-7,13H,3,8-9H2,1-2H3. The Balaban J connectivity index is 2.69. The lowest BCUT2D eigenvalue weighted by atomic mass is 10.3. The molecule has 0 spiro atoms. The molecular weight excluding hydrogens is 254 g/mol. The number of carbonyl (C=O) groups is 1. The zero-order valence-electron chi connectivity index (χ0n) is 10.5. The molecule has 0 amide bonds. The molecule has 0 atom stereocenters. The first-order valence-corrected chi connectivity index (χ1v) is 7.31. The maximum Gasteiger partial charge on any atom is 0.302 e. The van der Waals surface area contributed by atoms with Crippen molar-refractivity contribution in [2.24, 2.45) is 0 Å². The van der Waals surface area contributed by atoms with Gasteiger partial charge in [-0.2, -0.15) is 0 Å². The molecule has 18 heavy (non-hydrogen) atoms. The Morgan fingerprint density at radius 2 is 1.89 bits per heavy atom. The maximum atomic E-state index is 11.9. The minimum atomic E-state index is -3.39. The third kappa shape index (κ3) is 4.37. The summed E-state index contributed by atoms with van der Waals surface area (Å²) in [5.41, 5.74) is 0.872. The van der Waals surface area contributed by atoms with Crippen molar-refractivity contribution in [3.05, 3.63) is 24.3 Å². The molecule has 0 bridgehead atoms. The third-order valence-electron chi connectivity index (χ3n) is 2.25. The smallest absolute Gasteiger partial charge is 0.302 e. The zero-order valence-corrected chi connectivity index (χ0v) is 11.3. The lowest BCUT2D eigenvalue weighted by Gasteiger charge is -2.07. The van der Waals surface area contributed by atoms with Crippen LogP contribution >= 0.6 is 0 Å². The van der Waals surface area contributed by atoms with Crippen molar-refractivity contribution in [3.63, 3.8) is 0 Å². The summed E-state index contributed by atoms with van der Waals surface area (Å²) in [6.45, 7) is 3.87. The highest BCUT2D eigenvalue weighted by Gasteiger charge is 2.14. The molecule has 1 aromatic carbocycles. The molecular formula is C12H17NO4S. The highest BCUT2D eigenvalue weighted by atomic mass is 32.2. The van der Waals surface area contributed by atoms with Crippen LogP contribution in [0.4, 0.5) is 5.69 Å². The molecule has 0 aromatic heterocycles. The molecule has 0 fully saturated rings. The van der Waals surface area contributed by atoms with Crippen LogP contribution in [0.15, 0.2) is 29.2 Å². The number of esters is 1. The topological polar surface area (TPSA) is 72.5 Å². The minimum absolute atomic E-state index is 0.118. The second kappa shape index (κ2) is 6.39. The summed E-state index contributed by atoms with van der Waals surface area (Å²) < 4.78 is 28.4. The molecule has 6 heteroatoms. The van der Waals surface area contributed by atoms with E-state index in [-0.39, 0.29) is 17.3 Å². The van der Waals surface area contributed by atoms with Gasteiger partial charge in [0.15, 0.2) is 9.84 Å². The van der Waals surface area contributed by atoms with E-state index in [0.29, 0.717) is 0 Å². The van der Waals surface area contributed by atoms with E-state index in [4.69, 9.17) is 0 Å². The Labute approximate surface area is 107 Å². The van der Waals surface area contributed by atoms with Crippen LogP contribution in [0, 0.1) is 0 Å². The maximum absolute atomic E-state index is 11.9. The molecule has 0 saturated carbocycles. The van der Waals surface area contributed by atoms with Gasteiger partial charge >= 0.3 is 5.97 Å². The summed E-state index contributed by atoms with van der Waals surface area (Å²) in [5.74, 6) is -0.680. The van der Waals surface area contributed by atoms with Crippen LogP contribution in [0.5, 0.6) is 0 Å². The van der Waals surface area contributed by atoms with Crippen molar-refractivity contribution in [1.82, 2.24) is 0 Å². The predicted octanol–water partition coefficient (Wildman–Crippen LogP) is 1.46. The van der Waals surface area contributed by atoms with E-state index < -0.39 is 15.8 Å². The monoisotopic (exact) mass is 271 g/mol. The lowest BCUT2D eigenvalue weighted by molar-refractivity contribution is -0.140. The van der Waals surface area contributed by atoms with E-state index in [1.54, 1.807) is 24.3 Å². The summed E-state index contributed by atoms with van der Waals surface area (Å²) >= 11 is 0. The van der Waals surface area contributed by atoms with Gasteiger partial charge in [-0.1, -0.05) is 0 Å². The van der Waals surface area contributed by atoms with E-state index in [1.165, 1.54) is 6.92 Å². The van der Waals surface area contributed by atoms with Crippen molar-refractivity contribution in [2.45, 2.75) is 18.7 Å². The van der Waals surface area contributed by atoms with Crippen molar-refractivity contribution < 1.29 is 17.9 Å². The first-order valence-electron chi connectivity index (χ1n) is 5.66. The summed E-state index contributed by atoms with van der Waals surface area (Å²) in [5, 5.41) is 3.08. The van der Waals surface area contributed by atoms with Gasteiger partial charge in [0.05, 0.1) is 10.6 Å². The van der Waals surface area contributed by atoms with Crippen molar-refractivity contribution >= 4 is 21.5 Å². The fourth-order valence-electron chi connectivity index (χ4n) is 1.40. The Kier molecular flexibility index (Phi) is 5.15. The molecule has 5 nitrogen and oxygen atoms in total. The number of anilines is 1. The number of benzene rings is 1. The minimum Gasteiger partial charge on any atom is -0.465 e. The van der Waals surface area contributed by atoms with E-state index in [9.17, 15) is 13.2 Å². The van der Waals surface area contributed by atoms with Crippen molar-refractivity contribution in [1.29, 1.82) is 0 Å². The number of rotatable bonds is 6. The highest BCUT2D eigenvalue weighted by Crippen LogP contribution is 2.15. The zero-order chi connectivity index (χ0) is 13.6. The van der Waals surface area contributed by atoms with E-state index in [1.807, 2.05) is 6.92 Å². The van der Waals surface area contributed by atoms with Gasteiger partial charge < -0.3 is 10.1 Å². The first kappa shape index (κ1) is 14.5. The van der Waals surface area contributed by atoms with Gasteiger partial charge in [-0.15, -0.1) is 0 Å². The van der Waals surface area contributed by atoms with Crippen LogP contribution in [-0.2, 0) is 19.4 Å². The van der Waals surface area contributed by atoms with Crippen molar-refractivity contribution in [3.8, 4) is 0 Å². The fourth-order valence-corrected chi connectivity index (χ4v) is 2.49. The number of carbonyl (C=O) groups excluding carboxylic acids is 1. The third-order valence-corrected chi connectivity index (χ3v) is 3.95. The predicted molar refractivity (Wildman–Crippen MR) is 69.3 cm³/mol. The summed E-state index contributed by atoms with van der Waals surface area (Å²) in [4.78, 5) is 10.8. The number of nitrogens with one attached hydrogen (secondary N) is 1. The molecule has 1 aromatic rings. The molecule has 0 aliphatic carbocycles. The van der Waals surface area contributed by atoms with Crippen LogP contribution in [0.25, 0.3) is 0 Å². The molecule has 0 saturated heterocycles. The lowest BCUT2D eigenvalue weighted by Crippen LogP contribution is -2.14. The average Bonchev–Trinajstić information content (AvgIpc) is 2.29. The highest BCUT2D eigenvalue weighted by molar-refractivity contribution is 7.91. The normalized spacial score (nSPS) is 11.0. The number of ether oxygens (including phenoxy) is 1. The molecule has 1 rings (SSSR count). The van der Waals surface area contributed by atoms with Gasteiger partial charge in [-0.25, -0.2) is 8.42 Å². The number of sulfone groups is 1. The average molecular weight is 271 g/mol. The molecule has 1 N–H and O–H groups in total. The van der Waals surface area contributed by atoms with Gasteiger partial charge in [0.25, 0.3) is 0 Å². The molecule has 0 unspecified atom stereocenters. The summed E-state index contributed by atoms with van der Waals surface area (Å²) in [6, 6.07) is 6.51.